The van der Waals surface area contributed by atoms with Gasteiger partial charge in [-0.15, -0.1) is 0 Å². The molecular weight excluding hydrogens is 214 g/mol. The molecule has 4 atom stereocenters. The molecule has 0 aromatic heterocycles. The van der Waals surface area contributed by atoms with E-state index < -0.39 is 31.0 Å². The number of rotatable bonds is 8. The van der Waals surface area contributed by atoms with Crippen molar-refractivity contribution in [3.05, 3.63) is 0 Å². The summed E-state index contributed by atoms with van der Waals surface area (Å²) in [6, 6.07) is 0. The third kappa shape index (κ3) is 5.74. The molecule has 0 aliphatic heterocycles. The van der Waals surface area contributed by atoms with Crippen LogP contribution in [0.1, 0.15) is 13.8 Å². The molecule has 0 rings (SSSR count). The van der Waals surface area contributed by atoms with Crippen LogP contribution in [0.4, 0.5) is 0 Å². The van der Waals surface area contributed by atoms with E-state index in [4.69, 9.17) is 10.2 Å². The molecule has 0 saturated heterocycles. The Hall–Kier alpha value is -0.240. The lowest BCUT2D eigenvalue weighted by Crippen LogP contribution is -2.49. The minimum Gasteiger partial charge on any atom is -0.394 e. The Balaban J connectivity index is 3.92. The highest BCUT2D eigenvalue weighted by Gasteiger charge is 2.29. The van der Waals surface area contributed by atoms with Gasteiger partial charge in [0, 0.05) is 6.54 Å². The molecule has 6 N–H and O–H groups in total. The Kier molecular flexibility index (Phi) is 7.82. The normalized spacial score (nSPS) is 19.5. The minimum absolute atomic E-state index is 0.120. The molecule has 6 nitrogen and oxygen atoms in total. The first kappa shape index (κ1) is 15.8. The highest BCUT2D eigenvalue weighted by atomic mass is 16.4. The first-order valence-electron chi connectivity index (χ1n) is 5.44. The molecular formula is C10H23NO5. The summed E-state index contributed by atoms with van der Waals surface area (Å²) < 4.78 is 0. The molecule has 0 heterocycles. The summed E-state index contributed by atoms with van der Waals surface area (Å²) in [6.45, 7) is 4.14. The van der Waals surface area contributed by atoms with Gasteiger partial charge in [0.2, 0.25) is 0 Å². The second-order valence-electron chi connectivity index (χ2n) is 4.35. The van der Waals surface area contributed by atoms with Gasteiger partial charge >= 0.3 is 0 Å². The Morgan fingerprint density at radius 3 is 1.81 bits per heavy atom. The Morgan fingerprint density at radius 1 is 0.875 bits per heavy atom. The topological polar surface area (TPSA) is 113 Å². The van der Waals surface area contributed by atoms with Gasteiger partial charge in [0.25, 0.3) is 0 Å². The fourth-order valence-electron chi connectivity index (χ4n) is 1.20. The second kappa shape index (κ2) is 7.94. The predicted octanol–water partition coefficient (Wildman–Crippen LogP) is -2.33. The molecule has 0 aromatic carbocycles. The predicted molar refractivity (Wildman–Crippen MR) is 58.8 cm³/mol. The van der Waals surface area contributed by atoms with E-state index in [-0.39, 0.29) is 6.54 Å². The molecule has 0 saturated carbocycles. The molecule has 0 aliphatic rings. The van der Waals surface area contributed by atoms with Gasteiger partial charge in [-0.25, -0.2) is 0 Å². The Labute approximate surface area is 95.5 Å². The third-order valence-corrected chi connectivity index (χ3v) is 2.23. The smallest absolute Gasteiger partial charge is 0.111 e. The van der Waals surface area contributed by atoms with E-state index in [0.29, 0.717) is 12.5 Å². The minimum atomic E-state index is -1.55. The van der Waals surface area contributed by atoms with Crippen LogP contribution in [0.15, 0.2) is 0 Å². The van der Waals surface area contributed by atoms with E-state index in [9.17, 15) is 15.3 Å². The van der Waals surface area contributed by atoms with Crippen molar-refractivity contribution in [3.8, 4) is 0 Å². The van der Waals surface area contributed by atoms with Crippen LogP contribution < -0.4 is 5.32 Å². The van der Waals surface area contributed by atoms with Crippen molar-refractivity contribution in [1.82, 2.24) is 5.32 Å². The summed E-state index contributed by atoms with van der Waals surface area (Å²) in [5.41, 5.74) is 0. The molecule has 0 fully saturated rings. The standard InChI is InChI=1S/C10H23NO5/c1-6(2)3-11-4-7(13)9(15)10(16)8(14)5-12/h6-16H,3-5H2,1-2H3/t7-,8+,9+,10+/m0/s1. The van der Waals surface area contributed by atoms with Gasteiger partial charge in [0.1, 0.15) is 18.3 Å². The van der Waals surface area contributed by atoms with Crippen LogP contribution in [-0.4, -0.2) is 69.6 Å². The van der Waals surface area contributed by atoms with Gasteiger partial charge in [-0.1, -0.05) is 13.8 Å². The van der Waals surface area contributed by atoms with Crippen molar-refractivity contribution in [2.45, 2.75) is 38.3 Å². The van der Waals surface area contributed by atoms with Gasteiger partial charge in [-0.05, 0) is 12.5 Å². The number of aliphatic hydroxyl groups is 5. The zero-order chi connectivity index (χ0) is 12.7. The fraction of sp³-hybridized carbons (Fsp3) is 1.00. The maximum Gasteiger partial charge on any atom is 0.111 e. The SMILES string of the molecule is CC(C)CNC[C@H](O)[C@@H](O)[C@H](O)[C@H](O)CO. The monoisotopic (exact) mass is 237 g/mol. The quantitative estimate of drug-likeness (QED) is 0.282. The van der Waals surface area contributed by atoms with Gasteiger partial charge < -0.3 is 30.8 Å². The summed E-state index contributed by atoms with van der Waals surface area (Å²) in [6.07, 6.45) is -5.67. The van der Waals surface area contributed by atoms with E-state index in [1.807, 2.05) is 13.8 Å². The maximum atomic E-state index is 9.48. The average molecular weight is 237 g/mol. The van der Waals surface area contributed by atoms with Gasteiger partial charge in [-0.2, -0.15) is 0 Å². The van der Waals surface area contributed by atoms with Crippen molar-refractivity contribution in [2.75, 3.05) is 19.7 Å². The Morgan fingerprint density at radius 2 is 1.38 bits per heavy atom. The summed E-state index contributed by atoms with van der Waals surface area (Å²) in [5, 5.41) is 48.8. The highest BCUT2D eigenvalue weighted by Crippen LogP contribution is 2.04. The van der Waals surface area contributed by atoms with Crippen molar-refractivity contribution >= 4 is 0 Å². The third-order valence-electron chi connectivity index (χ3n) is 2.23. The maximum absolute atomic E-state index is 9.48. The zero-order valence-electron chi connectivity index (χ0n) is 9.74. The van der Waals surface area contributed by atoms with Crippen LogP contribution in [0.5, 0.6) is 0 Å². The summed E-state index contributed by atoms with van der Waals surface area (Å²) >= 11 is 0. The number of nitrogens with one attached hydrogen (secondary N) is 1. The molecule has 0 radical (unpaired) electrons. The van der Waals surface area contributed by atoms with Crippen LogP contribution in [-0.2, 0) is 0 Å². The van der Waals surface area contributed by atoms with E-state index in [0.717, 1.165) is 0 Å². The number of aliphatic hydroxyl groups excluding tert-OH is 5. The van der Waals surface area contributed by atoms with Crippen molar-refractivity contribution in [1.29, 1.82) is 0 Å². The van der Waals surface area contributed by atoms with Gasteiger partial charge in [0.15, 0.2) is 0 Å². The second-order valence-corrected chi connectivity index (χ2v) is 4.35. The summed E-state index contributed by atoms with van der Waals surface area (Å²) in [7, 11) is 0. The first-order chi connectivity index (χ1) is 7.40. The van der Waals surface area contributed by atoms with Gasteiger partial charge in [0.05, 0.1) is 12.7 Å². The fourth-order valence-corrected chi connectivity index (χ4v) is 1.20. The molecule has 0 aliphatic carbocycles. The van der Waals surface area contributed by atoms with E-state index >= 15 is 0 Å². The largest absolute Gasteiger partial charge is 0.394 e. The zero-order valence-corrected chi connectivity index (χ0v) is 9.74. The molecule has 0 bridgehead atoms. The first-order valence-corrected chi connectivity index (χ1v) is 5.44. The lowest BCUT2D eigenvalue weighted by molar-refractivity contribution is -0.114. The van der Waals surface area contributed by atoms with Crippen LogP contribution >= 0.6 is 0 Å². The van der Waals surface area contributed by atoms with Crippen molar-refractivity contribution in [3.63, 3.8) is 0 Å². The van der Waals surface area contributed by atoms with Crippen molar-refractivity contribution < 1.29 is 25.5 Å². The molecule has 0 unspecified atom stereocenters. The molecule has 0 aromatic rings. The van der Waals surface area contributed by atoms with Crippen LogP contribution in [0.3, 0.4) is 0 Å². The van der Waals surface area contributed by atoms with Gasteiger partial charge in [-0.3, -0.25) is 0 Å². The molecule has 6 heteroatoms. The lowest BCUT2D eigenvalue weighted by atomic mass is 10.0. The van der Waals surface area contributed by atoms with E-state index in [2.05, 4.69) is 5.32 Å². The summed E-state index contributed by atoms with van der Waals surface area (Å²) in [4.78, 5) is 0. The van der Waals surface area contributed by atoms with Crippen LogP contribution in [0, 0.1) is 5.92 Å². The summed E-state index contributed by atoms with van der Waals surface area (Å²) in [5.74, 6) is 0.414. The number of hydrogen-bond acceptors (Lipinski definition) is 6. The highest BCUT2D eigenvalue weighted by molar-refractivity contribution is 4.81. The van der Waals surface area contributed by atoms with E-state index in [1.165, 1.54) is 0 Å². The van der Waals surface area contributed by atoms with Crippen molar-refractivity contribution in [2.24, 2.45) is 5.92 Å². The van der Waals surface area contributed by atoms with Crippen LogP contribution in [0.2, 0.25) is 0 Å². The molecule has 16 heavy (non-hydrogen) atoms. The average Bonchev–Trinajstić information content (AvgIpc) is 2.25. The number of hydrogen-bond donors (Lipinski definition) is 6. The van der Waals surface area contributed by atoms with Crippen LogP contribution in [0.25, 0.3) is 0 Å². The molecule has 98 valence electrons. The van der Waals surface area contributed by atoms with E-state index in [1.54, 1.807) is 0 Å². The lowest BCUT2D eigenvalue weighted by Gasteiger charge is -2.26. The molecule has 0 amide bonds. The Bertz CT molecular complexity index is 179. The molecule has 0 spiro atoms.